The molecule has 1 rings (SSSR count). The molecule has 0 unspecified atom stereocenters. The van der Waals surface area contributed by atoms with E-state index < -0.39 is 5.97 Å². The average Bonchev–Trinajstić information content (AvgIpc) is 2.19. The van der Waals surface area contributed by atoms with Crippen molar-refractivity contribution in [1.82, 2.24) is 10.3 Å². The highest BCUT2D eigenvalue weighted by molar-refractivity contribution is 5.86. The predicted octanol–water partition coefficient (Wildman–Crippen LogP) is 0.812. The third-order valence-electron chi connectivity index (χ3n) is 1.69. The molecule has 0 aliphatic heterocycles. The SMILES string of the molecule is C=C(CNCc1cccnc1)C(=O)O. The molecule has 0 aromatic carbocycles. The van der Waals surface area contributed by atoms with E-state index in [2.05, 4.69) is 16.9 Å². The van der Waals surface area contributed by atoms with Gasteiger partial charge in [-0.1, -0.05) is 12.6 Å². The van der Waals surface area contributed by atoms with Gasteiger partial charge in [0.1, 0.15) is 0 Å². The number of pyridine rings is 1. The van der Waals surface area contributed by atoms with E-state index in [4.69, 9.17) is 5.11 Å². The Morgan fingerprint density at radius 2 is 2.43 bits per heavy atom. The summed E-state index contributed by atoms with van der Waals surface area (Å²) in [6.45, 7) is 4.29. The zero-order valence-corrected chi connectivity index (χ0v) is 7.73. The first-order valence-corrected chi connectivity index (χ1v) is 4.21. The van der Waals surface area contributed by atoms with Crippen LogP contribution in [0.15, 0.2) is 36.7 Å². The molecule has 0 atom stereocenters. The van der Waals surface area contributed by atoms with Crippen LogP contribution in [-0.2, 0) is 11.3 Å². The Balaban J connectivity index is 2.29. The van der Waals surface area contributed by atoms with E-state index in [9.17, 15) is 4.79 Å². The number of hydrogen-bond donors (Lipinski definition) is 2. The Kier molecular flexibility index (Phi) is 3.82. The first-order chi connectivity index (χ1) is 6.70. The molecule has 4 heteroatoms. The molecule has 0 aliphatic carbocycles. The molecule has 0 aliphatic rings. The quantitative estimate of drug-likeness (QED) is 0.678. The number of aliphatic carboxylic acids is 1. The van der Waals surface area contributed by atoms with Gasteiger partial charge in [-0.3, -0.25) is 4.98 Å². The van der Waals surface area contributed by atoms with Crippen molar-refractivity contribution in [3.8, 4) is 0 Å². The fourth-order valence-corrected chi connectivity index (χ4v) is 0.936. The smallest absolute Gasteiger partial charge is 0.332 e. The summed E-state index contributed by atoms with van der Waals surface area (Å²) in [6, 6.07) is 3.76. The molecular formula is C10H12N2O2. The molecule has 0 saturated heterocycles. The molecule has 0 saturated carbocycles. The minimum absolute atomic E-state index is 0.161. The number of carbonyl (C=O) groups is 1. The van der Waals surface area contributed by atoms with E-state index in [0.717, 1.165) is 5.56 Å². The van der Waals surface area contributed by atoms with Crippen LogP contribution < -0.4 is 5.32 Å². The highest BCUT2D eigenvalue weighted by Gasteiger charge is 2.02. The molecule has 1 aromatic heterocycles. The van der Waals surface area contributed by atoms with Crippen molar-refractivity contribution in [2.24, 2.45) is 0 Å². The number of nitrogens with zero attached hydrogens (tertiary/aromatic N) is 1. The van der Waals surface area contributed by atoms with Crippen molar-refractivity contribution in [2.45, 2.75) is 6.54 Å². The first kappa shape index (κ1) is 10.4. The van der Waals surface area contributed by atoms with E-state index in [1.54, 1.807) is 12.4 Å². The average molecular weight is 192 g/mol. The van der Waals surface area contributed by atoms with Crippen molar-refractivity contribution < 1.29 is 9.90 Å². The van der Waals surface area contributed by atoms with Gasteiger partial charge in [-0.15, -0.1) is 0 Å². The van der Waals surface area contributed by atoms with Gasteiger partial charge in [0.25, 0.3) is 0 Å². The van der Waals surface area contributed by atoms with E-state index in [-0.39, 0.29) is 12.1 Å². The van der Waals surface area contributed by atoms with Crippen molar-refractivity contribution in [3.05, 3.63) is 42.2 Å². The maximum atomic E-state index is 10.4. The van der Waals surface area contributed by atoms with Gasteiger partial charge in [-0.25, -0.2) is 4.79 Å². The summed E-state index contributed by atoms with van der Waals surface area (Å²) >= 11 is 0. The second-order valence-electron chi connectivity index (χ2n) is 2.87. The molecule has 0 radical (unpaired) electrons. The lowest BCUT2D eigenvalue weighted by molar-refractivity contribution is -0.132. The van der Waals surface area contributed by atoms with Crippen LogP contribution >= 0.6 is 0 Å². The van der Waals surface area contributed by atoms with Crippen molar-refractivity contribution in [1.29, 1.82) is 0 Å². The second-order valence-corrected chi connectivity index (χ2v) is 2.87. The van der Waals surface area contributed by atoms with Crippen LogP contribution in [0.25, 0.3) is 0 Å². The van der Waals surface area contributed by atoms with Gasteiger partial charge in [0.15, 0.2) is 0 Å². The van der Waals surface area contributed by atoms with Crippen LogP contribution in [0.2, 0.25) is 0 Å². The summed E-state index contributed by atoms with van der Waals surface area (Å²) in [4.78, 5) is 14.3. The van der Waals surface area contributed by atoms with Crippen LogP contribution in [0.4, 0.5) is 0 Å². The van der Waals surface area contributed by atoms with E-state index in [1.165, 1.54) is 0 Å². The highest BCUT2D eigenvalue weighted by atomic mass is 16.4. The Hall–Kier alpha value is -1.68. The van der Waals surface area contributed by atoms with Crippen LogP contribution in [0.5, 0.6) is 0 Å². The standard InChI is InChI=1S/C10H12N2O2/c1-8(10(13)14)5-12-7-9-3-2-4-11-6-9/h2-4,6,12H,1,5,7H2,(H,13,14). The zero-order chi connectivity index (χ0) is 10.4. The summed E-state index contributed by atoms with van der Waals surface area (Å²) in [7, 11) is 0. The number of rotatable bonds is 5. The third-order valence-corrected chi connectivity index (χ3v) is 1.69. The Morgan fingerprint density at radius 1 is 1.64 bits per heavy atom. The summed E-state index contributed by atoms with van der Waals surface area (Å²) in [6.07, 6.45) is 3.43. The minimum Gasteiger partial charge on any atom is -0.478 e. The number of aromatic nitrogens is 1. The Labute approximate surface area is 82.3 Å². The topological polar surface area (TPSA) is 62.2 Å². The van der Waals surface area contributed by atoms with Crippen molar-refractivity contribution in [3.63, 3.8) is 0 Å². The van der Waals surface area contributed by atoms with E-state index in [1.807, 2.05) is 12.1 Å². The fraction of sp³-hybridized carbons (Fsp3) is 0.200. The Morgan fingerprint density at radius 3 is 3.00 bits per heavy atom. The molecule has 74 valence electrons. The van der Waals surface area contributed by atoms with Gasteiger partial charge >= 0.3 is 5.97 Å². The van der Waals surface area contributed by atoms with E-state index >= 15 is 0 Å². The first-order valence-electron chi connectivity index (χ1n) is 4.21. The summed E-state index contributed by atoms with van der Waals surface area (Å²) in [5.41, 5.74) is 1.18. The predicted molar refractivity (Wildman–Crippen MR) is 52.7 cm³/mol. The summed E-state index contributed by atoms with van der Waals surface area (Å²) in [5, 5.41) is 11.5. The van der Waals surface area contributed by atoms with E-state index in [0.29, 0.717) is 6.54 Å². The molecule has 0 amide bonds. The van der Waals surface area contributed by atoms with Gasteiger partial charge in [-0.05, 0) is 11.6 Å². The molecule has 2 N–H and O–H groups in total. The maximum Gasteiger partial charge on any atom is 0.332 e. The number of hydrogen-bond acceptors (Lipinski definition) is 3. The molecule has 1 aromatic rings. The van der Waals surface area contributed by atoms with Gasteiger partial charge in [0.2, 0.25) is 0 Å². The number of carboxylic acid groups (broad SMARTS) is 1. The molecule has 14 heavy (non-hydrogen) atoms. The fourth-order valence-electron chi connectivity index (χ4n) is 0.936. The lowest BCUT2D eigenvalue weighted by Crippen LogP contribution is -2.19. The lowest BCUT2D eigenvalue weighted by atomic mass is 10.2. The van der Waals surface area contributed by atoms with Gasteiger partial charge in [0.05, 0.1) is 0 Å². The maximum absolute atomic E-state index is 10.4. The van der Waals surface area contributed by atoms with Crippen molar-refractivity contribution in [2.75, 3.05) is 6.54 Å². The molecule has 4 nitrogen and oxygen atoms in total. The second kappa shape index (κ2) is 5.14. The van der Waals surface area contributed by atoms with Crippen LogP contribution in [0.3, 0.4) is 0 Å². The molecular weight excluding hydrogens is 180 g/mol. The third kappa shape index (κ3) is 3.37. The molecule has 0 fully saturated rings. The van der Waals surface area contributed by atoms with Crippen LogP contribution in [-0.4, -0.2) is 22.6 Å². The summed E-state index contributed by atoms with van der Waals surface area (Å²) < 4.78 is 0. The van der Waals surface area contributed by atoms with Crippen LogP contribution in [0.1, 0.15) is 5.56 Å². The number of carboxylic acids is 1. The molecule has 1 heterocycles. The monoisotopic (exact) mass is 192 g/mol. The normalized spacial score (nSPS) is 9.71. The zero-order valence-electron chi connectivity index (χ0n) is 7.73. The minimum atomic E-state index is -0.969. The largest absolute Gasteiger partial charge is 0.478 e. The van der Waals surface area contributed by atoms with Crippen LogP contribution in [0, 0.1) is 0 Å². The lowest BCUT2D eigenvalue weighted by Gasteiger charge is -2.03. The highest BCUT2D eigenvalue weighted by Crippen LogP contribution is 1.95. The molecule has 0 bridgehead atoms. The van der Waals surface area contributed by atoms with Crippen molar-refractivity contribution >= 4 is 5.97 Å². The van der Waals surface area contributed by atoms with Gasteiger partial charge in [0, 0.05) is 31.1 Å². The Bertz CT molecular complexity index is 322. The molecule has 0 spiro atoms. The van der Waals surface area contributed by atoms with Gasteiger partial charge in [-0.2, -0.15) is 0 Å². The summed E-state index contributed by atoms with van der Waals surface area (Å²) in [5.74, 6) is -0.969. The van der Waals surface area contributed by atoms with Gasteiger partial charge < -0.3 is 10.4 Å². The number of nitrogens with one attached hydrogen (secondary N) is 1.